The zero-order chi connectivity index (χ0) is 21.8. The average molecular weight is 415 g/mol. The van der Waals surface area contributed by atoms with Crippen molar-refractivity contribution in [2.24, 2.45) is 0 Å². The summed E-state index contributed by atoms with van der Waals surface area (Å²) >= 11 is 0. The Morgan fingerprint density at radius 2 is 1.94 bits per heavy atom. The maximum Gasteiger partial charge on any atom is 0.259 e. The number of pyridine rings is 1. The van der Waals surface area contributed by atoms with Gasteiger partial charge in [0.2, 0.25) is 0 Å². The first-order valence-electron chi connectivity index (χ1n) is 10.2. The van der Waals surface area contributed by atoms with Gasteiger partial charge in [0.15, 0.2) is 5.65 Å². The van der Waals surface area contributed by atoms with Gasteiger partial charge in [0.05, 0.1) is 12.2 Å². The van der Waals surface area contributed by atoms with Gasteiger partial charge in [0.1, 0.15) is 6.33 Å². The van der Waals surface area contributed by atoms with E-state index in [-0.39, 0.29) is 12.5 Å². The normalized spacial score (nSPS) is 11.1. The Bertz CT molecular complexity index is 1210. The number of aryl methyl sites for hydroxylation is 1. The van der Waals surface area contributed by atoms with Crippen LogP contribution in [0.3, 0.4) is 0 Å². The molecule has 0 unspecified atom stereocenters. The lowest BCUT2D eigenvalue weighted by Crippen LogP contribution is -2.19. The number of aliphatic hydroxyl groups is 1. The van der Waals surface area contributed by atoms with Crippen LogP contribution in [0.2, 0.25) is 0 Å². The van der Waals surface area contributed by atoms with Gasteiger partial charge in [-0.2, -0.15) is 0 Å². The summed E-state index contributed by atoms with van der Waals surface area (Å²) in [5.74, 6) is -0.244. The van der Waals surface area contributed by atoms with Crippen LogP contribution in [0.15, 0.2) is 61.1 Å². The number of aromatic nitrogens is 3. The maximum absolute atomic E-state index is 13.2. The minimum Gasteiger partial charge on any atom is -0.395 e. The van der Waals surface area contributed by atoms with Crippen molar-refractivity contribution in [2.45, 2.75) is 20.4 Å². The van der Waals surface area contributed by atoms with Gasteiger partial charge >= 0.3 is 0 Å². The van der Waals surface area contributed by atoms with Crippen LogP contribution in [0.4, 0.5) is 5.69 Å². The number of rotatable bonds is 7. The number of nitrogens with zero attached hydrogens (tertiary/aromatic N) is 3. The first kappa shape index (κ1) is 20.7. The molecule has 0 atom stereocenters. The third-order valence-corrected chi connectivity index (χ3v) is 5.26. The largest absolute Gasteiger partial charge is 0.395 e. The lowest BCUT2D eigenvalue weighted by Gasteiger charge is -2.14. The smallest absolute Gasteiger partial charge is 0.259 e. The predicted molar refractivity (Wildman–Crippen MR) is 121 cm³/mol. The maximum atomic E-state index is 13.2. The molecule has 0 bridgehead atoms. The lowest BCUT2D eigenvalue weighted by atomic mass is 9.98. The third-order valence-electron chi connectivity index (χ3n) is 5.26. The summed E-state index contributed by atoms with van der Waals surface area (Å²) in [4.78, 5) is 13.2. The Hall–Kier alpha value is -3.55. The minimum atomic E-state index is -0.244. The van der Waals surface area contributed by atoms with Crippen molar-refractivity contribution in [3.63, 3.8) is 0 Å². The van der Waals surface area contributed by atoms with E-state index in [1.807, 2.05) is 31.3 Å². The summed E-state index contributed by atoms with van der Waals surface area (Å²) in [6, 6.07) is 16.1. The predicted octanol–water partition coefficient (Wildman–Crippen LogP) is 3.35. The van der Waals surface area contributed by atoms with Gasteiger partial charge in [-0.25, -0.2) is 0 Å². The van der Waals surface area contributed by atoms with Crippen molar-refractivity contribution >= 4 is 17.2 Å². The minimum absolute atomic E-state index is 0.0544. The zero-order valence-electron chi connectivity index (χ0n) is 17.6. The van der Waals surface area contributed by atoms with Crippen LogP contribution in [0.5, 0.6) is 0 Å². The second-order valence-electron chi connectivity index (χ2n) is 7.52. The highest BCUT2D eigenvalue weighted by molar-refractivity contribution is 6.09. The molecule has 4 rings (SSSR count). The number of amides is 1. The standard InChI is InChI=1S/C24H25N5O2/c1-16-6-8-19(9-7-16)20-4-3-5-22(17(20)2)27-24(31)21-12-18(13-25-10-11-30)14-29-15-26-28-23(21)29/h3-9,12,14-15,25,30H,10-11,13H2,1-2H3,(H,27,31). The molecule has 2 aromatic carbocycles. The van der Waals surface area contributed by atoms with E-state index in [4.69, 9.17) is 5.11 Å². The van der Waals surface area contributed by atoms with Gasteiger partial charge in [0.25, 0.3) is 5.91 Å². The molecule has 158 valence electrons. The summed E-state index contributed by atoms with van der Waals surface area (Å²) in [5, 5.41) is 23.2. The number of nitrogens with one attached hydrogen (secondary N) is 2. The number of fused-ring (bicyclic) bond motifs is 1. The van der Waals surface area contributed by atoms with Gasteiger partial charge in [-0.15, -0.1) is 10.2 Å². The molecule has 0 aliphatic rings. The highest BCUT2D eigenvalue weighted by Gasteiger charge is 2.16. The van der Waals surface area contributed by atoms with Crippen molar-refractivity contribution < 1.29 is 9.90 Å². The number of anilines is 1. The fraction of sp³-hybridized carbons (Fsp3) is 0.208. The molecule has 2 aromatic heterocycles. The van der Waals surface area contributed by atoms with E-state index in [9.17, 15) is 4.79 Å². The van der Waals surface area contributed by atoms with Crippen LogP contribution in [0, 0.1) is 13.8 Å². The summed E-state index contributed by atoms with van der Waals surface area (Å²) in [7, 11) is 0. The molecular weight excluding hydrogens is 390 g/mol. The molecule has 2 heterocycles. The van der Waals surface area contributed by atoms with Gasteiger partial charge < -0.3 is 15.7 Å². The quantitative estimate of drug-likeness (QED) is 0.403. The molecule has 7 heteroatoms. The van der Waals surface area contributed by atoms with E-state index >= 15 is 0 Å². The molecule has 0 fully saturated rings. The number of carbonyl (C=O) groups is 1. The molecule has 1 amide bonds. The molecule has 0 saturated heterocycles. The molecule has 0 radical (unpaired) electrons. The Labute approximate surface area is 180 Å². The lowest BCUT2D eigenvalue weighted by molar-refractivity contribution is 0.102. The SMILES string of the molecule is Cc1ccc(-c2cccc(NC(=O)c3cc(CNCCO)cn4cnnc34)c2C)cc1. The summed E-state index contributed by atoms with van der Waals surface area (Å²) in [6.07, 6.45) is 3.45. The number of carbonyl (C=O) groups excluding carboxylic acids is 1. The molecule has 0 saturated carbocycles. The summed E-state index contributed by atoms with van der Waals surface area (Å²) < 4.78 is 1.74. The van der Waals surface area contributed by atoms with Crippen molar-refractivity contribution in [3.05, 3.63) is 83.3 Å². The average Bonchev–Trinajstić information content (AvgIpc) is 3.24. The number of benzene rings is 2. The Morgan fingerprint density at radius 1 is 1.13 bits per heavy atom. The second kappa shape index (κ2) is 9.07. The van der Waals surface area contributed by atoms with Crippen LogP contribution < -0.4 is 10.6 Å². The van der Waals surface area contributed by atoms with Gasteiger partial charge in [-0.3, -0.25) is 9.20 Å². The number of hydrogen-bond acceptors (Lipinski definition) is 5. The molecule has 7 nitrogen and oxygen atoms in total. The molecule has 4 aromatic rings. The van der Waals surface area contributed by atoms with E-state index in [1.165, 1.54) is 5.56 Å². The highest BCUT2D eigenvalue weighted by atomic mass is 16.3. The van der Waals surface area contributed by atoms with Crippen molar-refractivity contribution in [3.8, 4) is 11.1 Å². The monoisotopic (exact) mass is 415 g/mol. The second-order valence-corrected chi connectivity index (χ2v) is 7.52. The van der Waals surface area contributed by atoms with Gasteiger partial charge in [-0.05, 0) is 48.2 Å². The van der Waals surface area contributed by atoms with E-state index in [0.29, 0.717) is 24.3 Å². The van der Waals surface area contributed by atoms with Gasteiger partial charge in [0, 0.05) is 25.0 Å². The van der Waals surface area contributed by atoms with E-state index in [1.54, 1.807) is 10.7 Å². The van der Waals surface area contributed by atoms with E-state index in [0.717, 1.165) is 27.9 Å². The Morgan fingerprint density at radius 3 is 2.71 bits per heavy atom. The van der Waals surface area contributed by atoms with Crippen LogP contribution in [-0.4, -0.2) is 38.8 Å². The molecule has 0 aliphatic carbocycles. The fourth-order valence-corrected chi connectivity index (χ4v) is 3.58. The molecule has 3 N–H and O–H groups in total. The van der Waals surface area contributed by atoms with E-state index in [2.05, 4.69) is 58.1 Å². The van der Waals surface area contributed by atoms with Crippen LogP contribution >= 0.6 is 0 Å². The first-order valence-corrected chi connectivity index (χ1v) is 10.2. The van der Waals surface area contributed by atoms with Crippen LogP contribution in [0.1, 0.15) is 27.0 Å². The molecule has 0 aliphatic heterocycles. The van der Waals surface area contributed by atoms with E-state index < -0.39 is 0 Å². The zero-order valence-corrected chi connectivity index (χ0v) is 17.6. The fourth-order valence-electron chi connectivity index (χ4n) is 3.58. The number of hydrogen-bond donors (Lipinski definition) is 3. The first-order chi connectivity index (χ1) is 15.1. The molecular formula is C24H25N5O2. The topological polar surface area (TPSA) is 91.5 Å². The van der Waals surface area contributed by atoms with Crippen molar-refractivity contribution in [2.75, 3.05) is 18.5 Å². The Balaban J connectivity index is 1.64. The van der Waals surface area contributed by atoms with Crippen LogP contribution in [-0.2, 0) is 6.54 Å². The van der Waals surface area contributed by atoms with Crippen molar-refractivity contribution in [1.82, 2.24) is 19.9 Å². The molecule has 0 spiro atoms. The highest BCUT2D eigenvalue weighted by Crippen LogP contribution is 2.29. The van der Waals surface area contributed by atoms with Gasteiger partial charge in [-0.1, -0.05) is 42.0 Å². The number of aliphatic hydroxyl groups excluding tert-OH is 1. The summed E-state index contributed by atoms with van der Waals surface area (Å²) in [6.45, 7) is 5.13. The molecule has 31 heavy (non-hydrogen) atoms. The van der Waals surface area contributed by atoms with Crippen LogP contribution in [0.25, 0.3) is 16.8 Å². The third kappa shape index (κ3) is 4.47. The van der Waals surface area contributed by atoms with Crippen molar-refractivity contribution in [1.29, 1.82) is 0 Å². The summed E-state index contributed by atoms with van der Waals surface area (Å²) in [5.41, 5.74) is 6.98. The Kier molecular flexibility index (Phi) is 6.06.